The number of carbonyl (C=O) groups excluding carboxylic acids is 2. The molecule has 34 heavy (non-hydrogen) atoms. The molecule has 0 radical (unpaired) electrons. The van der Waals surface area contributed by atoms with Gasteiger partial charge >= 0.3 is 0 Å². The van der Waals surface area contributed by atoms with Crippen LogP contribution in [0, 0.1) is 19.8 Å². The van der Waals surface area contributed by atoms with E-state index in [2.05, 4.69) is 10.1 Å². The van der Waals surface area contributed by atoms with Crippen LogP contribution in [0.3, 0.4) is 0 Å². The minimum absolute atomic E-state index is 0.0112. The van der Waals surface area contributed by atoms with E-state index in [9.17, 15) is 9.59 Å². The van der Waals surface area contributed by atoms with Gasteiger partial charge < -0.3 is 14.3 Å². The van der Waals surface area contributed by atoms with Gasteiger partial charge in [-0.1, -0.05) is 22.8 Å². The van der Waals surface area contributed by atoms with Crippen LogP contribution in [0.1, 0.15) is 42.2 Å². The van der Waals surface area contributed by atoms with Crippen molar-refractivity contribution in [2.24, 2.45) is 5.92 Å². The molecule has 0 N–H and O–H groups in total. The fourth-order valence-corrected chi connectivity index (χ4v) is 4.86. The number of piperidine rings is 1. The van der Waals surface area contributed by atoms with Crippen LogP contribution in [0.4, 0.5) is 5.69 Å². The van der Waals surface area contributed by atoms with E-state index < -0.39 is 0 Å². The fraction of sp³-hybridized carbons (Fsp3) is 0.385. The lowest BCUT2D eigenvalue weighted by atomic mass is 9.95. The van der Waals surface area contributed by atoms with Gasteiger partial charge in [-0.25, -0.2) is 0 Å². The van der Waals surface area contributed by atoms with Crippen molar-refractivity contribution >= 4 is 29.1 Å². The molecule has 0 bridgehead atoms. The first kappa shape index (κ1) is 22.6. The second-order valence-electron chi connectivity index (χ2n) is 9.24. The Bertz CT molecular complexity index is 1220. The summed E-state index contributed by atoms with van der Waals surface area (Å²) < 4.78 is 5.53. The zero-order valence-corrected chi connectivity index (χ0v) is 20.1. The molecular formula is C26H27ClN4O3. The van der Waals surface area contributed by atoms with Crippen LogP contribution in [0.25, 0.3) is 11.4 Å². The van der Waals surface area contributed by atoms with Crippen LogP contribution in [-0.4, -0.2) is 46.5 Å². The molecule has 7 nitrogen and oxygen atoms in total. The van der Waals surface area contributed by atoms with E-state index >= 15 is 0 Å². The summed E-state index contributed by atoms with van der Waals surface area (Å²) in [7, 11) is 0. The third-order valence-corrected chi connectivity index (χ3v) is 7.23. The Morgan fingerprint density at radius 2 is 1.79 bits per heavy atom. The van der Waals surface area contributed by atoms with E-state index in [0.29, 0.717) is 36.4 Å². The summed E-state index contributed by atoms with van der Waals surface area (Å²) in [6.45, 7) is 5.77. The van der Waals surface area contributed by atoms with Gasteiger partial charge in [0.1, 0.15) is 0 Å². The van der Waals surface area contributed by atoms with Crippen LogP contribution in [0.5, 0.6) is 0 Å². The number of nitrogens with zero attached hydrogens (tertiary/aromatic N) is 4. The maximum Gasteiger partial charge on any atom is 0.230 e. The van der Waals surface area contributed by atoms with Gasteiger partial charge in [0.05, 0.1) is 5.92 Å². The maximum atomic E-state index is 13.2. The van der Waals surface area contributed by atoms with Crippen LogP contribution >= 0.6 is 11.6 Å². The van der Waals surface area contributed by atoms with Gasteiger partial charge in [0.15, 0.2) is 0 Å². The van der Waals surface area contributed by atoms with Crippen LogP contribution < -0.4 is 4.90 Å². The molecule has 0 aliphatic carbocycles. The molecule has 2 amide bonds. The molecule has 3 heterocycles. The number of rotatable bonds is 4. The fourth-order valence-electron chi connectivity index (χ4n) is 4.74. The largest absolute Gasteiger partial charge is 0.342 e. The molecule has 0 unspecified atom stereocenters. The Hall–Kier alpha value is -3.19. The van der Waals surface area contributed by atoms with E-state index in [1.165, 1.54) is 5.56 Å². The quantitative estimate of drug-likeness (QED) is 0.539. The lowest BCUT2D eigenvalue weighted by molar-refractivity contribution is -0.136. The van der Waals surface area contributed by atoms with Crippen molar-refractivity contribution in [1.29, 1.82) is 0 Å². The Kier molecular flexibility index (Phi) is 6.13. The van der Waals surface area contributed by atoms with Crippen molar-refractivity contribution in [1.82, 2.24) is 15.0 Å². The standard InChI is InChI=1S/C26H27ClN4O3/c1-16-3-8-22(13-17(16)2)31-15-20(14-23(31)32)26(33)30-11-9-19(10-12-30)25-28-24(29-34-25)18-4-6-21(27)7-5-18/h3-8,13,19-20H,9-12,14-15H2,1-2H3/t20-/m1/s1. The molecule has 0 spiro atoms. The minimum Gasteiger partial charge on any atom is -0.342 e. The van der Waals surface area contributed by atoms with Gasteiger partial charge in [0.2, 0.25) is 23.5 Å². The van der Waals surface area contributed by atoms with Crippen LogP contribution in [-0.2, 0) is 9.59 Å². The van der Waals surface area contributed by atoms with Crippen LogP contribution in [0.15, 0.2) is 47.0 Å². The van der Waals surface area contributed by atoms with Gasteiger partial charge in [-0.2, -0.15) is 4.98 Å². The lowest BCUT2D eigenvalue weighted by Crippen LogP contribution is -2.42. The van der Waals surface area contributed by atoms with Gasteiger partial charge in [-0.05, 0) is 74.2 Å². The molecule has 2 aromatic carbocycles. The number of aromatic nitrogens is 2. The molecular weight excluding hydrogens is 452 g/mol. The first-order chi connectivity index (χ1) is 16.4. The summed E-state index contributed by atoms with van der Waals surface area (Å²) in [5.41, 5.74) is 4.05. The molecule has 1 atom stereocenters. The summed E-state index contributed by atoms with van der Waals surface area (Å²) in [4.78, 5) is 34.1. The van der Waals surface area contributed by atoms with Gasteiger partial charge in [0.25, 0.3) is 0 Å². The number of hydrogen-bond acceptors (Lipinski definition) is 5. The first-order valence-corrected chi connectivity index (χ1v) is 12.0. The van der Waals surface area contributed by atoms with Crippen LogP contribution in [0.2, 0.25) is 5.02 Å². The van der Waals surface area contributed by atoms with Crippen molar-refractivity contribution in [2.45, 2.75) is 39.0 Å². The summed E-state index contributed by atoms with van der Waals surface area (Å²) in [6.07, 6.45) is 1.78. The molecule has 176 valence electrons. The minimum atomic E-state index is -0.300. The molecule has 3 aromatic rings. The molecule has 8 heteroatoms. The van der Waals surface area contributed by atoms with Crippen molar-refractivity contribution in [3.05, 3.63) is 64.5 Å². The van der Waals surface area contributed by atoms with E-state index in [4.69, 9.17) is 16.1 Å². The third-order valence-electron chi connectivity index (χ3n) is 6.98. The smallest absolute Gasteiger partial charge is 0.230 e. The summed E-state index contributed by atoms with van der Waals surface area (Å²) in [6, 6.07) is 13.3. The number of hydrogen-bond donors (Lipinski definition) is 0. The molecule has 2 saturated heterocycles. The zero-order valence-electron chi connectivity index (χ0n) is 19.3. The third kappa shape index (κ3) is 4.44. The van der Waals surface area contributed by atoms with Gasteiger partial charge in [-0.3, -0.25) is 9.59 Å². The zero-order chi connectivity index (χ0) is 23.8. The molecule has 2 aliphatic rings. The topological polar surface area (TPSA) is 79.5 Å². The highest BCUT2D eigenvalue weighted by molar-refractivity contribution is 6.30. The number of aryl methyl sites for hydroxylation is 2. The van der Waals surface area contributed by atoms with Crippen molar-refractivity contribution < 1.29 is 14.1 Å². The highest BCUT2D eigenvalue weighted by Crippen LogP contribution is 2.32. The van der Waals surface area contributed by atoms with Crippen molar-refractivity contribution in [3.63, 3.8) is 0 Å². The summed E-state index contributed by atoms with van der Waals surface area (Å²) in [5.74, 6) is 1.04. The second kappa shape index (κ2) is 9.22. The predicted octanol–water partition coefficient (Wildman–Crippen LogP) is 4.77. The number of benzene rings is 2. The summed E-state index contributed by atoms with van der Waals surface area (Å²) in [5, 5.41) is 4.77. The first-order valence-electron chi connectivity index (χ1n) is 11.6. The summed E-state index contributed by atoms with van der Waals surface area (Å²) >= 11 is 5.95. The normalized spacial score (nSPS) is 19.1. The highest BCUT2D eigenvalue weighted by atomic mass is 35.5. The Morgan fingerprint density at radius 1 is 1.06 bits per heavy atom. The average Bonchev–Trinajstić information content (AvgIpc) is 3.48. The SMILES string of the molecule is Cc1ccc(N2C[C@H](C(=O)N3CCC(c4nc(-c5ccc(Cl)cc5)no4)CC3)CC2=O)cc1C. The molecule has 2 fully saturated rings. The van der Waals surface area contributed by atoms with E-state index in [-0.39, 0.29) is 30.1 Å². The molecule has 2 aliphatic heterocycles. The van der Waals surface area contributed by atoms with Crippen molar-refractivity contribution in [2.75, 3.05) is 24.5 Å². The lowest BCUT2D eigenvalue weighted by Gasteiger charge is -2.32. The Morgan fingerprint density at radius 3 is 2.50 bits per heavy atom. The number of halogens is 1. The van der Waals surface area contributed by atoms with E-state index in [1.54, 1.807) is 17.0 Å². The Balaban J connectivity index is 1.19. The number of anilines is 1. The highest BCUT2D eigenvalue weighted by Gasteiger charge is 2.38. The van der Waals surface area contributed by atoms with E-state index in [0.717, 1.165) is 29.7 Å². The number of carbonyl (C=O) groups is 2. The maximum absolute atomic E-state index is 13.2. The monoisotopic (exact) mass is 478 g/mol. The average molecular weight is 479 g/mol. The molecule has 5 rings (SSSR count). The van der Waals surface area contributed by atoms with E-state index in [1.807, 2.05) is 49.1 Å². The van der Waals surface area contributed by atoms with Gasteiger partial charge in [-0.15, -0.1) is 0 Å². The molecule has 0 saturated carbocycles. The Labute approximate surface area is 203 Å². The number of likely N-dealkylation sites (tertiary alicyclic amines) is 1. The van der Waals surface area contributed by atoms with Gasteiger partial charge in [0, 0.05) is 48.2 Å². The molecule has 1 aromatic heterocycles. The van der Waals surface area contributed by atoms with Crippen molar-refractivity contribution in [3.8, 4) is 11.4 Å². The number of amides is 2. The predicted molar refractivity (Wildman–Crippen MR) is 130 cm³/mol. The second-order valence-corrected chi connectivity index (χ2v) is 9.67.